The van der Waals surface area contributed by atoms with Gasteiger partial charge in [-0.3, -0.25) is 4.79 Å². The third-order valence-corrected chi connectivity index (χ3v) is 5.46. The fraction of sp³-hybridized carbons (Fsp3) is 0.611. The molecule has 1 fully saturated rings. The van der Waals surface area contributed by atoms with Crippen LogP contribution in [0.25, 0.3) is 0 Å². The molecule has 1 amide bonds. The summed E-state index contributed by atoms with van der Waals surface area (Å²) in [6, 6.07) is 4.22. The summed E-state index contributed by atoms with van der Waals surface area (Å²) in [5, 5.41) is 8.74. The number of rotatable bonds is 4. The third kappa shape index (κ3) is 2.85. The number of fused-ring (bicyclic) bond motifs is 1. The zero-order valence-corrected chi connectivity index (χ0v) is 14.3. The molecule has 0 unspecified atom stereocenters. The van der Waals surface area contributed by atoms with Crippen LogP contribution in [0.5, 0.6) is 0 Å². The molecule has 2 aliphatic heterocycles. The molecule has 0 spiro atoms. The largest absolute Gasteiger partial charge is 0.351 e. The number of nitrogens with zero attached hydrogens (tertiary/aromatic N) is 5. The lowest BCUT2D eigenvalue weighted by atomic mass is 9.95. The number of likely N-dealkylation sites (tertiary alicyclic amines) is 1. The van der Waals surface area contributed by atoms with Crippen LogP contribution in [0.4, 0.5) is 0 Å². The molecule has 0 aromatic carbocycles. The third-order valence-electron chi connectivity index (χ3n) is 5.46. The van der Waals surface area contributed by atoms with E-state index in [0.717, 1.165) is 50.5 Å². The predicted octanol–water partition coefficient (Wildman–Crippen LogP) is 2.38. The highest BCUT2D eigenvalue weighted by molar-refractivity contribution is 5.76. The van der Waals surface area contributed by atoms with Crippen LogP contribution >= 0.6 is 0 Å². The lowest BCUT2D eigenvalue weighted by Gasteiger charge is -2.32. The highest BCUT2D eigenvalue weighted by Crippen LogP contribution is 2.30. The van der Waals surface area contributed by atoms with Crippen LogP contribution in [0.3, 0.4) is 0 Å². The van der Waals surface area contributed by atoms with Crippen LogP contribution in [0, 0.1) is 0 Å². The number of amides is 1. The molecule has 1 saturated heterocycles. The average molecular weight is 327 g/mol. The molecule has 4 rings (SSSR count). The second-order valence-corrected chi connectivity index (χ2v) is 7.07. The fourth-order valence-corrected chi connectivity index (χ4v) is 3.99. The number of hydrogen-bond donors (Lipinski definition) is 0. The SMILES string of the molecule is C[C@@H](CC(=O)N1CCC(c2nnc3n2CCC3)CC1)n1cccc1. The van der Waals surface area contributed by atoms with Gasteiger partial charge >= 0.3 is 0 Å². The Hall–Kier alpha value is -2.11. The fourth-order valence-electron chi connectivity index (χ4n) is 3.99. The van der Waals surface area contributed by atoms with Crippen molar-refractivity contribution in [1.82, 2.24) is 24.2 Å². The molecule has 1 atom stereocenters. The van der Waals surface area contributed by atoms with Gasteiger partial charge in [-0.05, 0) is 38.3 Å². The minimum Gasteiger partial charge on any atom is -0.351 e. The van der Waals surface area contributed by atoms with Gasteiger partial charge in [0.05, 0.1) is 0 Å². The van der Waals surface area contributed by atoms with Crippen LogP contribution < -0.4 is 0 Å². The van der Waals surface area contributed by atoms with E-state index >= 15 is 0 Å². The van der Waals surface area contributed by atoms with Gasteiger partial charge in [0.1, 0.15) is 11.6 Å². The maximum atomic E-state index is 12.6. The van der Waals surface area contributed by atoms with E-state index < -0.39 is 0 Å². The van der Waals surface area contributed by atoms with Gasteiger partial charge in [-0.1, -0.05) is 0 Å². The van der Waals surface area contributed by atoms with Crippen LogP contribution in [0.1, 0.15) is 56.2 Å². The standard InChI is InChI=1S/C18H25N5O/c1-14(21-8-2-3-9-21)13-17(24)22-11-6-15(7-12-22)18-20-19-16-5-4-10-23(16)18/h2-3,8-9,14-15H,4-7,10-13H2,1H3/t14-/m0/s1. The van der Waals surface area contributed by atoms with Crippen LogP contribution in [-0.4, -0.2) is 43.2 Å². The lowest BCUT2D eigenvalue weighted by Crippen LogP contribution is -2.39. The number of piperidine rings is 1. The van der Waals surface area contributed by atoms with Gasteiger partial charge in [0.2, 0.25) is 5.91 Å². The van der Waals surface area contributed by atoms with Crippen molar-refractivity contribution in [2.45, 2.75) is 57.5 Å². The quantitative estimate of drug-likeness (QED) is 0.866. The summed E-state index contributed by atoms with van der Waals surface area (Å²) in [7, 11) is 0. The Bertz CT molecular complexity index is 697. The smallest absolute Gasteiger partial charge is 0.224 e. The lowest BCUT2D eigenvalue weighted by molar-refractivity contribution is -0.133. The van der Waals surface area contributed by atoms with E-state index in [2.05, 4.69) is 26.3 Å². The predicted molar refractivity (Wildman–Crippen MR) is 90.7 cm³/mol. The number of aromatic nitrogens is 4. The Kier molecular flexibility index (Phi) is 4.12. The van der Waals surface area contributed by atoms with Crippen LogP contribution in [-0.2, 0) is 17.8 Å². The van der Waals surface area contributed by atoms with Crippen molar-refractivity contribution in [2.75, 3.05) is 13.1 Å². The maximum absolute atomic E-state index is 12.6. The van der Waals surface area contributed by atoms with Gasteiger partial charge in [-0.15, -0.1) is 10.2 Å². The van der Waals surface area contributed by atoms with Crippen LogP contribution in [0.15, 0.2) is 24.5 Å². The monoisotopic (exact) mass is 327 g/mol. The van der Waals surface area contributed by atoms with Gasteiger partial charge < -0.3 is 14.0 Å². The Morgan fingerprint density at radius 2 is 1.96 bits per heavy atom. The number of aryl methyl sites for hydroxylation is 1. The molecule has 6 nitrogen and oxygen atoms in total. The van der Waals surface area contributed by atoms with E-state index in [1.807, 2.05) is 29.4 Å². The highest BCUT2D eigenvalue weighted by atomic mass is 16.2. The van der Waals surface area contributed by atoms with Crippen molar-refractivity contribution in [3.8, 4) is 0 Å². The number of hydrogen-bond acceptors (Lipinski definition) is 3. The van der Waals surface area contributed by atoms with E-state index in [9.17, 15) is 4.79 Å². The molecule has 0 saturated carbocycles. The van der Waals surface area contributed by atoms with E-state index in [4.69, 9.17) is 0 Å². The van der Waals surface area contributed by atoms with Gasteiger partial charge in [0, 0.05) is 56.8 Å². The summed E-state index contributed by atoms with van der Waals surface area (Å²) in [4.78, 5) is 14.6. The molecule has 0 radical (unpaired) electrons. The second-order valence-electron chi connectivity index (χ2n) is 7.07. The molecular formula is C18H25N5O. The molecule has 2 aromatic rings. The number of carbonyl (C=O) groups excluding carboxylic acids is 1. The van der Waals surface area contributed by atoms with Crippen molar-refractivity contribution in [3.05, 3.63) is 36.2 Å². The van der Waals surface area contributed by atoms with Crippen molar-refractivity contribution in [1.29, 1.82) is 0 Å². The molecular weight excluding hydrogens is 302 g/mol. The van der Waals surface area contributed by atoms with E-state index in [0.29, 0.717) is 12.3 Å². The zero-order chi connectivity index (χ0) is 16.5. The van der Waals surface area contributed by atoms with Crippen molar-refractivity contribution in [2.24, 2.45) is 0 Å². The van der Waals surface area contributed by atoms with Crippen LogP contribution in [0.2, 0.25) is 0 Å². The topological polar surface area (TPSA) is 56.0 Å². The second kappa shape index (κ2) is 6.42. The normalized spacial score (nSPS) is 19.5. The maximum Gasteiger partial charge on any atom is 0.224 e. The Balaban J connectivity index is 1.33. The van der Waals surface area contributed by atoms with Crippen molar-refractivity contribution >= 4 is 5.91 Å². The summed E-state index contributed by atoms with van der Waals surface area (Å²) >= 11 is 0. The summed E-state index contributed by atoms with van der Waals surface area (Å²) in [6.45, 7) is 4.84. The molecule has 0 bridgehead atoms. The first-order valence-corrected chi connectivity index (χ1v) is 9.04. The van der Waals surface area contributed by atoms with Gasteiger partial charge in [0.25, 0.3) is 0 Å². The van der Waals surface area contributed by atoms with Gasteiger partial charge in [-0.2, -0.15) is 0 Å². The minimum absolute atomic E-state index is 0.213. The molecule has 0 aliphatic carbocycles. The minimum atomic E-state index is 0.213. The zero-order valence-electron chi connectivity index (χ0n) is 14.3. The first-order valence-electron chi connectivity index (χ1n) is 9.04. The highest BCUT2D eigenvalue weighted by Gasteiger charge is 2.29. The summed E-state index contributed by atoms with van der Waals surface area (Å²) < 4.78 is 4.40. The summed E-state index contributed by atoms with van der Waals surface area (Å²) in [5.74, 6) is 3.01. The number of carbonyl (C=O) groups is 1. The van der Waals surface area contributed by atoms with E-state index in [-0.39, 0.29) is 11.9 Å². The average Bonchev–Trinajstić information content (AvgIpc) is 3.32. The van der Waals surface area contributed by atoms with Gasteiger partial charge in [0.15, 0.2) is 0 Å². The molecule has 2 aliphatic rings. The first-order chi connectivity index (χ1) is 11.7. The summed E-state index contributed by atoms with van der Waals surface area (Å²) in [5.41, 5.74) is 0. The summed E-state index contributed by atoms with van der Waals surface area (Å²) in [6.07, 6.45) is 8.86. The molecule has 24 heavy (non-hydrogen) atoms. The molecule has 6 heteroatoms. The van der Waals surface area contributed by atoms with E-state index in [1.54, 1.807) is 0 Å². The van der Waals surface area contributed by atoms with Crippen molar-refractivity contribution in [3.63, 3.8) is 0 Å². The first kappa shape index (κ1) is 15.4. The Morgan fingerprint density at radius 1 is 1.21 bits per heavy atom. The van der Waals surface area contributed by atoms with Crippen molar-refractivity contribution < 1.29 is 4.79 Å². The molecule has 2 aromatic heterocycles. The Labute approximate surface area is 142 Å². The van der Waals surface area contributed by atoms with E-state index in [1.165, 1.54) is 6.42 Å². The molecule has 0 N–H and O–H groups in total. The Morgan fingerprint density at radius 3 is 2.71 bits per heavy atom. The molecule has 4 heterocycles. The molecule has 128 valence electrons. The van der Waals surface area contributed by atoms with Gasteiger partial charge in [-0.25, -0.2) is 0 Å².